The van der Waals surface area contributed by atoms with Crippen LogP contribution in [0.5, 0.6) is 0 Å². The van der Waals surface area contributed by atoms with Gasteiger partial charge in [-0.25, -0.2) is 9.59 Å². The summed E-state index contributed by atoms with van der Waals surface area (Å²) < 4.78 is 5.03. The quantitative estimate of drug-likeness (QED) is 0.634. The first-order valence-electron chi connectivity index (χ1n) is 5.02. The first-order valence-corrected chi connectivity index (χ1v) is 5.02. The normalized spacial score (nSPS) is 11.1. The summed E-state index contributed by atoms with van der Waals surface area (Å²) in [5, 5.41) is 9.31. The van der Waals surface area contributed by atoms with Gasteiger partial charge in [-0.15, -0.1) is 0 Å². The molecule has 0 aliphatic rings. The van der Waals surface area contributed by atoms with Crippen LogP contribution in [0.4, 0.5) is 0 Å². The lowest BCUT2D eigenvalue weighted by Gasteiger charge is -2.01. The Morgan fingerprint density at radius 1 is 1.35 bits per heavy atom. The van der Waals surface area contributed by atoms with Gasteiger partial charge in [0.2, 0.25) is 0 Å². The van der Waals surface area contributed by atoms with Crippen molar-refractivity contribution in [2.45, 2.75) is 6.92 Å². The van der Waals surface area contributed by atoms with Gasteiger partial charge in [-0.2, -0.15) is 0 Å². The molecule has 86 valence electrons. The molecule has 0 aliphatic carbocycles. The highest BCUT2D eigenvalue weighted by molar-refractivity contribution is 5.92. The number of carboxylic acids is 1. The second-order valence-corrected chi connectivity index (χ2v) is 3.69. The minimum absolute atomic E-state index is 0.452. The van der Waals surface area contributed by atoms with Crippen molar-refractivity contribution in [2.24, 2.45) is 0 Å². The number of hydrogen-bond donors (Lipinski definition) is 1. The van der Waals surface area contributed by atoms with Crippen molar-refractivity contribution in [1.82, 2.24) is 0 Å². The van der Waals surface area contributed by atoms with Gasteiger partial charge >= 0.3 is 11.6 Å². The van der Waals surface area contributed by atoms with Gasteiger partial charge < -0.3 is 9.52 Å². The molecule has 0 fully saturated rings. The van der Waals surface area contributed by atoms with Gasteiger partial charge in [0.1, 0.15) is 5.58 Å². The molecule has 0 atom stereocenters. The molecular formula is C13H10O4. The van der Waals surface area contributed by atoms with E-state index in [4.69, 9.17) is 9.52 Å². The van der Waals surface area contributed by atoms with Gasteiger partial charge in [0, 0.05) is 17.5 Å². The average Bonchev–Trinajstić information content (AvgIpc) is 2.26. The molecule has 4 nitrogen and oxygen atoms in total. The molecule has 0 aliphatic heterocycles. The second-order valence-electron chi connectivity index (χ2n) is 3.69. The molecule has 17 heavy (non-hydrogen) atoms. The smallest absolute Gasteiger partial charge is 0.336 e. The Kier molecular flexibility index (Phi) is 2.78. The van der Waals surface area contributed by atoms with E-state index in [-0.39, 0.29) is 0 Å². The van der Waals surface area contributed by atoms with E-state index in [1.54, 1.807) is 6.07 Å². The summed E-state index contributed by atoms with van der Waals surface area (Å²) in [6, 6.07) is 6.65. The van der Waals surface area contributed by atoms with E-state index >= 15 is 0 Å². The molecule has 0 amide bonds. The van der Waals surface area contributed by atoms with E-state index in [2.05, 4.69) is 0 Å². The number of hydrogen-bond acceptors (Lipinski definition) is 3. The maximum atomic E-state index is 11.3. The molecule has 1 heterocycles. The average molecular weight is 230 g/mol. The van der Waals surface area contributed by atoms with Gasteiger partial charge in [-0.3, -0.25) is 0 Å². The Morgan fingerprint density at radius 3 is 2.82 bits per heavy atom. The molecule has 4 heteroatoms. The minimum Gasteiger partial charge on any atom is -0.478 e. The van der Waals surface area contributed by atoms with E-state index < -0.39 is 11.6 Å². The van der Waals surface area contributed by atoms with Crippen LogP contribution in [-0.2, 0) is 4.79 Å². The standard InChI is InChI=1S/C13H10O4/c1-8-2-4-11-10(6-8)9(3-5-12(14)15)7-13(16)17-11/h2-7H,1H3,(H,14,15)/b5-3+. The second kappa shape index (κ2) is 4.25. The third kappa shape index (κ3) is 2.42. The molecule has 0 bridgehead atoms. The molecule has 0 spiro atoms. The summed E-state index contributed by atoms with van der Waals surface area (Å²) in [4.78, 5) is 21.8. The van der Waals surface area contributed by atoms with Gasteiger partial charge in [-0.05, 0) is 30.7 Å². The largest absolute Gasteiger partial charge is 0.478 e. The summed E-state index contributed by atoms with van der Waals surface area (Å²) in [7, 11) is 0. The van der Waals surface area contributed by atoms with E-state index in [1.165, 1.54) is 12.1 Å². The maximum Gasteiger partial charge on any atom is 0.336 e. The van der Waals surface area contributed by atoms with Crippen molar-refractivity contribution < 1.29 is 14.3 Å². The van der Waals surface area contributed by atoms with Gasteiger partial charge in [0.15, 0.2) is 0 Å². The first-order chi connectivity index (χ1) is 8.06. The fraction of sp³-hybridized carbons (Fsp3) is 0.0769. The van der Waals surface area contributed by atoms with Crippen LogP contribution in [0.25, 0.3) is 17.0 Å². The summed E-state index contributed by atoms with van der Waals surface area (Å²) >= 11 is 0. The summed E-state index contributed by atoms with van der Waals surface area (Å²) in [6.45, 7) is 1.91. The highest BCUT2D eigenvalue weighted by Gasteiger charge is 2.03. The monoisotopic (exact) mass is 230 g/mol. The van der Waals surface area contributed by atoms with Crippen LogP contribution >= 0.6 is 0 Å². The molecule has 0 saturated carbocycles. The van der Waals surface area contributed by atoms with Crippen LogP contribution in [0.1, 0.15) is 11.1 Å². The molecule has 1 aromatic heterocycles. The van der Waals surface area contributed by atoms with Gasteiger partial charge in [0.25, 0.3) is 0 Å². The number of carbonyl (C=O) groups is 1. The molecule has 2 aromatic rings. The van der Waals surface area contributed by atoms with Gasteiger partial charge in [0.05, 0.1) is 0 Å². The van der Waals surface area contributed by atoms with E-state index in [0.29, 0.717) is 11.1 Å². The van der Waals surface area contributed by atoms with Crippen molar-refractivity contribution in [1.29, 1.82) is 0 Å². The number of carboxylic acid groups (broad SMARTS) is 1. The van der Waals surface area contributed by atoms with Crippen LogP contribution in [0.3, 0.4) is 0 Å². The summed E-state index contributed by atoms with van der Waals surface area (Å²) in [5.74, 6) is -1.06. The zero-order valence-electron chi connectivity index (χ0n) is 9.14. The lowest BCUT2D eigenvalue weighted by molar-refractivity contribution is -0.131. The first kappa shape index (κ1) is 11.1. The lowest BCUT2D eigenvalue weighted by atomic mass is 10.1. The maximum absolute atomic E-state index is 11.3. The Hall–Kier alpha value is -2.36. The highest BCUT2D eigenvalue weighted by Crippen LogP contribution is 2.19. The van der Waals surface area contributed by atoms with Crippen molar-refractivity contribution in [3.05, 3.63) is 51.9 Å². The number of fused-ring (bicyclic) bond motifs is 1. The predicted octanol–water partition coefficient (Wildman–Crippen LogP) is 2.20. The van der Waals surface area contributed by atoms with Crippen LogP contribution < -0.4 is 5.63 Å². The molecule has 2 rings (SSSR count). The lowest BCUT2D eigenvalue weighted by Crippen LogP contribution is -1.98. The van der Waals surface area contributed by atoms with E-state index in [9.17, 15) is 9.59 Å². The fourth-order valence-corrected chi connectivity index (χ4v) is 1.60. The number of rotatable bonds is 2. The highest BCUT2D eigenvalue weighted by atomic mass is 16.4. The SMILES string of the molecule is Cc1ccc2oc(=O)cc(/C=C/C(=O)O)c2c1. The van der Waals surface area contributed by atoms with Crippen molar-refractivity contribution in [3.63, 3.8) is 0 Å². The minimum atomic E-state index is -1.06. The van der Waals surface area contributed by atoms with Crippen molar-refractivity contribution in [3.8, 4) is 0 Å². The molecular weight excluding hydrogens is 220 g/mol. The van der Waals surface area contributed by atoms with Crippen LogP contribution in [0.2, 0.25) is 0 Å². The van der Waals surface area contributed by atoms with Crippen LogP contribution in [0, 0.1) is 6.92 Å². The van der Waals surface area contributed by atoms with Crippen molar-refractivity contribution in [2.75, 3.05) is 0 Å². The van der Waals surface area contributed by atoms with Crippen LogP contribution in [0.15, 0.2) is 39.6 Å². The van der Waals surface area contributed by atoms with Crippen molar-refractivity contribution >= 4 is 23.0 Å². The zero-order valence-corrected chi connectivity index (χ0v) is 9.14. The number of aliphatic carboxylic acids is 1. The number of aryl methyl sites for hydroxylation is 1. The van der Waals surface area contributed by atoms with E-state index in [0.717, 1.165) is 17.0 Å². The topological polar surface area (TPSA) is 67.5 Å². The number of benzene rings is 1. The summed E-state index contributed by atoms with van der Waals surface area (Å²) in [5.41, 5.74) is 1.51. The zero-order chi connectivity index (χ0) is 12.4. The Labute approximate surface area is 96.8 Å². The predicted molar refractivity (Wildman–Crippen MR) is 63.9 cm³/mol. The third-order valence-electron chi connectivity index (χ3n) is 2.34. The Balaban J connectivity index is 2.71. The molecule has 0 radical (unpaired) electrons. The molecule has 1 N–H and O–H groups in total. The molecule has 0 unspecified atom stereocenters. The summed E-state index contributed by atoms with van der Waals surface area (Å²) in [6.07, 6.45) is 2.39. The van der Waals surface area contributed by atoms with E-state index in [1.807, 2.05) is 19.1 Å². The Morgan fingerprint density at radius 2 is 2.12 bits per heavy atom. The van der Waals surface area contributed by atoms with Gasteiger partial charge in [-0.1, -0.05) is 11.6 Å². The third-order valence-corrected chi connectivity index (χ3v) is 2.34. The Bertz CT molecular complexity index is 665. The van der Waals surface area contributed by atoms with Crippen LogP contribution in [-0.4, -0.2) is 11.1 Å². The molecule has 0 saturated heterocycles. The molecule has 1 aromatic carbocycles. The fourth-order valence-electron chi connectivity index (χ4n) is 1.60.